The van der Waals surface area contributed by atoms with Gasteiger partial charge in [0.2, 0.25) is 0 Å². The number of halogens is 1. The molecule has 5 heteroatoms. The zero-order valence-electron chi connectivity index (χ0n) is 9.47. The van der Waals surface area contributed by atoms with E-state index < -0.39 is 0 Å². The van der Waals surface area contributed by atoms with Gasteiger partial charge in [0, 0.05) is 24.2 Å². The van der Waals surface area contributed by atoms with Crippen LogP contribution in [-0.4, -0.2) is 28.2 Å². The van der Waals surface area contributed by atoms with E-state index >= 15 is 0 Å². The normalized spacial score (nSPS) is 17.7. The van der Waals surface area contributed by atoms with Crippen molar-refractivity contribution < 1.29 is 4.74 Å². The van der Waals surface area contributed by atoms with Gasteiger partial charge >= 0.3 is 0 Å². The summed E-state index contributed by atoms with van der Waals surface area (Å²) in [4.78, 5) is 0. The number of benzene rings is 1. The summed E-state index contributed by atoms with van der Waals surface area (Å²) in [7, 11) is 0. The first-order valence-corrected chi connectivity index (χ1v) is 6.69. The van der Waals surface area contributed by atoms with Gasteiger partial charge in [-0.25, -0.2) is 4.68 Å². The van der Waals surface area contributed by atoms with Crippen LogP contribution in [0.5, 0.6) is 0 Å². The highest BCUT2D eigenvalue weighted by molar-refractivity contribution is 9.10. The second-order valence-corrected chi connectivity index (χ2v) is 5.38. The van der Waals surface area contributed by atoms with Crippen LogP contribution in [0.3, 0.4) is 0 Å². The SMILES string of the molecule is Brc1ccc2nnn(CC3CCOCC3)c2c1. The Hall–Kier alpha value is -0.940. The molecular weight excluding hydrogens is 282 g/mol. The predicted molar refractivity (Wildman–Crippen MR) is 68.8 cm³/mol. The highest BCUT2D eigenvalue weighted by Gasteiger charge is 2.16. The molecule has 1 aromatic carbocycles. The molecule has 0 aliphatic carbocycles. The van der Waals surface area contributed by atoms with E-state index in [1.807, 2.05) is 16.8 Å². The number of hydrogen-bond donors (Lipinski definition) is 0. The topological polar surface area (TPSA) is 39.9 Å². The molecule has 2 heterocycles. The summed E-state index contributed by atoms with van der Waals surface area (Å²) in [5, 5.41) is 8.42. The van der Waals surface area contributed by atoms with Crippen molar-refractivity contribution in [2.45, 2.75) is 19.4 Å². The fourth-order valence-corrected chi connectivity index (χ4v) is 2.60. The first-order chi connectivity index (χ1) is 8.33. The third-order valence-corrected chi connectivity index (χ3v) is 3.74. The molecule has 17 heavy (non-hydrogen) atoms. The summed E-state index contributed by atoms with van der Waals surface area (Å²) in [6, 6.07) is 6.07. The van der Waals surface area contributed by atoms with E-state index in [1.165, 1.54) is 0 Å². The Labute approximate surface area is 108 Å². The van der Waals surface area contributed by atoms with Gasteiger partial charge in [-0.1, -0.05) is 21.1 Å². The zero-order chi connectivity index (χ0) is 11.7. The van der Waals surface area contributed by atoms with Crippen molar-refractivity contribution in [3.63, 3.8) is 0 Å². The molecule has 1 aliphatic rings. The molecule has 1 aliphatic heterocycles. The molecule has 1 fully saturated rings. The van der Waals surface area contributed by atoms with Crippen molar-refractivity contribution in [2.75, 3.05) is 13.2 Å². The Kier molecular flexibility index (Phi) is 3.11. The molecule has 0 spiro atoms. The van der Waals surface area contributed by atoms with Crippen LogP contribution in [0.2, 0.25) is 0 Å². The van der Waals surface area contributed by atoms with Crippen LogP contribution < -0.4 is 0 Å². The van der Waals surface area contributed by atoms with Crippen molar-refractivity contribution in [1.82, 2.24) is 15.0 Å². The maximum Gasteiger partial charge on any atom is 0.113 e. The highest BCUT2D eigenvalue weighted by Crippen LogP contribution is 2.21. The molecule has 3 rings (SSSR count). The molecule has 0 atom stereocenters. The van der Waals surface area contributed by atoms with E-state index in [2.05, 4.69) is 32.3 Å². The van der Waals surface area contributed by atoms with Gasteiger partial charge in [-0.05, 0) is 37.0 Å². The average molecular weight is 296 g/mol. The van der Waals surface area contributed by atoms with Crippen molar-refractivity contribution in [3.05, 3.63) is 22.7 Å². The fraction of sp³-hybridized carbons (Fsp3) is 0.500. The molecule has 2 aromatic rings. The van der Waals surface area contributed by atoms with E-state index in [1.54, 1.807) is 0 Å². The summed E-state index contributed by atoms with van der Waals surface area (Å²) < 4.78 is 8.45. The quantitative estimate of drug-likeness (QED) is 0.855. The summed E-state index contributed by atoms with van der Waals surface area (Å²) in [5.41, 5.74) is 2.06. The second kappa shape index (κ2) is 4.74. The van der Waals surface area contributed by atoms with Crippen LogP contribution in [0.15, 0.2) is 22.7 Å². The first kappa shape index (κ1) is 11.2. The Morgan fingerprint density at radius 3 is 3.00 bits per heavy atom. The molecule has 0 N–H and O–H groups in total. The molecule has 0 radical (unpaired) electrons. The predicted octanol–water partition coefficient (Wildman–Crippen LogP) is 2.62. The van der Waals surface area contributed by atoms with Crippen LogP contribution in [0, 0.1) is 5.92 Å². The smallest absolute Gasteiger partial charge is 0.113 e. The number of rotatable bonds is 2. The van der Waals surface area contributed by atoms with Crippen LogP contribution in [0.25, 0.3) is 11.0 Å². The van der Waals surface area contributed by atoms with Crippen LogP contribution in [0.1, 0.15) is 12.8 Å². The van der Waals surface area contributed by atoms with Crippen molar-refractivity contribution in [2.24, 2.45) is 5.92 Å². The minimum atomic E-state index is 0.660. The fourth-order valence-electron chi connectivity index (χ4n) is 2.25. The lowest BCUT2D eigenvalue weighted by molar-refractivity contribution is 0.0604. The molecule has 0 amide bonds. The Morgan fingerprint density at radius 2 is 2.18 bits per heavy atom. The maximum atomic E-state index is 5.37. The lowest BCUT2D eigenvalue weighted by Gasteiger charge is -2.21. The first-order valence-electron chi connectivity index (χ1n) is 5.89. The van der Waals surface area contributed by atoms with Crippen LogP contribution in [0.4, 0.5) is 0 Å². The summed E-state index contributed by atoms with van der Waals surface area (Å²) >= 11 is 3.49. The van der Waals surface area contributed by atoms with Gasteiger partial charge in [0.1, 0.15) is 5.52 Å². The molecule has 90 valence electrons. The number of ether oxygens (including phenoxy) is 1. The summed E-state index contributed by atoms with van der Waals surface area (Å²) in [5.74, 6) is 0.660. The van der Waals surface area contributed by atoms with E-state index in [4.69, 9.17) is 4.74 Å². The zero-order valence-corrected chi connectivity index (χ0v) is 11.1. The third-order valence-electron chi connectivity index (χ3n) is 3.25. The van der Waals surface area contributed by atoms with Gasteiger partial charge in [0.25, 0.3) is 0 Å². The number of nitrogens with zero attached hydrogens (tertiary/aromatic N) is 3. The largest absolute Gasteiger partial charge is 0.381 e. The molecule has 0 bridgehead atoms. The van der Waals surface area contributed by atoms with Crippen LogP contribution >= 0.6 is 15.9 Å². The summed E-state index contributed by atoms with van der Waals surface area (Å²) in [6.07, 6.45) is 2.24. The van der Waals surface area contributed by atoms with Gasteiger partial charge in [-0.15, -0.1) is 5.10 Å². The van der Waals surface area contributed by atoms with Gasteiger partial charge in [0.15, 0.2) is 0 Å². The molecule has 0 saturated carbocycles. The Balaban J connectivity index is 1.86. The van der Waals surface area contributed by atoms with Gasteiger partial charge < -0.3 is 4.74 Å². The number of aromatic nitrogens is 3. The molecule has 0 unspecified atom stereocenters. The highest BCUT2D eigenvalue weighted by atomic mass is 79.9. The van der Waals surface area contributed by atoms with Crippen molar-refractivity contribution >= 4 is 27.0 Å². The van der Waals surface area contributed by atoms with Gasteiger partial charge in [0.05, 0.1) is 5.52 Å². The molecule has 4 nitrogen and oxygen atoms in total. The lowest BCUT2D eigenvalue weighted by Crippen LogP contribution is -2.20. The Bertz CT molecular complexity index is 519. The molecular formula is C12H14BrN3O. The standard InChI is InChI=1S/C12H14BrN3O/c13-10-1-2-11-12(7-10)16(15-14-11)8-9-3-5-17-6-4-9/h1-2,7,9H,3-6,8H2. The maximum absolute atomic E-state index is 5.37. The van der Waals surface area contributed by atoms with Crippen molar-refractivity contribution in [3.8, 4) is 0 Å². The van der Waals surface area contributed by atoms with Crippen molar-refractivity contribution in [1.29, 1.82) is 0 Å². The minimum absolute atomic E-state index is 0.660. The monoisotopic (exact) mass is 295 g/mol. The lowest BCUT2D eigenvalue weighted by atomic mass is 10.0. The number of fused-ring (bicyclic) bond motifs is 1. The van der Waals surface area contributed by atoms with E-state index in [9.17, 15) is 0 Å². The number of hydrogen-bond acceptors (Lipinski definition) is 3. The summed E-state index contributed by atoms with van der Waals surface area (Å²) in [6.45, 7) is 2.69. The van der Waals surface area contributed by atoms with E-state index in [0.29, 0.717) is 5.92 Å². The molecule has 1 aromatic heterocycles. The van der Waals surface area contributed by atoms with Gasteiger partial charge in [-0.3, -0.25) is 0 Å². The average Bonchev–Trinajstić information content (AvgIpc) is 2.73. The Morgan fingerprint density at radius 1 is 1.35 bits per heavy atom. The third kappa shape index (κ3) is 2.35. The van der Waals surface area contributed by atoms with Gasteiger partial charge in [-0.2, -0.15) is 0 Å². The van der Waals surface area contributed by atoms with E-state index in [-0.39, 0.29) is 0 Å². The second-order valence-electron chi connectivity index (χ2n) is 4.46. The van der Waals surface area contributed by atoms with Crippen LogP contribution in [-0.2, 0) is 11.3 Å². The molecule has 1 saturated heterocycles. The van der Waals surface area contributed by atoms with E-state index in [0.717, 1.165) is 48.1 Å². The minimum Gasteiger partial charge on any atom is -0.381 e.